The SMILES string of the molecule is N#CCCCN1CCCC1C(=O)O. The fraction of sp³-hybridized carbons (Fsp3) is 0.778. The van der Waals surface area contributed by atoms with Crippen LogP contribution in [0.25, 0.3) is 0 Å². The first kappa shape index (κ1) is 10.0. The van der Waals surface area contributed by atoms with Crippen LogP contribution in [-0.2, 0) is 4.79 Å². The van der Waals surface area contributed by atoms with Crippen LogP contribution in [0, 0.1) is 11.3 Å². The number of carbonyl (C=O) groups is 1. The van der Waals surface area contributed by atoms with E-state index in [1.807, 2.05) is 4.90 Å². The molecule has 0 spiro atoms. The fourth-order valence-electron chi connectivity index (χ4n) is 1.73. The lowest BCUT2D eigenvalue weighted by atomic mass is 10.2. The van der Waals surface area contributed by atoms with Crippen molar-refractivity contribution in [2.45, 2.75) is 31.7 Å². The van der Waals surface area contributed by atoms with Crippen LogP contribution in [0.1, 0.15) is 25.7 Å². The maximum atomic E-state index is 10.7. The number of likely N-dealkylation sites (tertiary alicyclic amines) is 1. The van der Waals surface area contributed by atoms with Gasteiger partial charge in [-0.3, -0.25) is 9.69 Å². The number of hydrogen-bond donors (Lipinski definition) is 1. The van der Waals surface area contributed by atoms with Crippen LogP contribution < -0.4 is 0 Å². The number of nitrogens with zero attached hydrogens (tertiary/aromatic N) is 2. The van der Waals surface area contributed by atoms with E-state index in [-0.39, 0.29) is 6.04 Å². The minimum absolute atomic E-state index is 0.307. The molecule has 0 aromatic heterocycles. The number of rotatable bonds is 4. The second-order valence-corrected chi connectivity index (χ2v) is 3.29. The quantitative estimate of drug-likeness (QED) is 0.654. The maximum absolute atomic E-state index is 10.7. The highest BCUT2D eigenvalue weighted by Gasteiger charge is 2.29. The van der Waals surface area contributed by atoms with Crippen molar-refractivity contribution in [2.75, 3.05) is 13.1 Å². The Bertz CT molecular complexity index is 222. The number of aliphatic carboxylic acids is 1. The Morgan fingerprint density at radius 2 is 2.46 bits per heavy atom. The van der Waals surface area contributed by atoms with Crippen molar-refractivity contribution in [3.63, 3.8) is 0 Å². The molecule has 0 aromatic rings. The molecule has 0 aromatic carbocycles. The minimum atomic E-state index is -0.727. The van der Waals surface area contributed by atoms with Crippen molar-refractivity contribution in [3.8, 4) is 6.07 Å². The molecule has 1 unspecified atom stereocenters. The average molecular weight is 182 g/mol. The van der Waals surface area contributed by atoms with Gasteiger partial charge < -0.3 is 5.11 Å². The molecule has 1 rings (SSSR count). The first-order valence-electron chi connectivity index (χ1n) is 4.59. The Kier molecular flexibility index (Phi) is 3.71. The molecule has 1 aliphatic heterocycles. The van der Waals surface area contributed by atoms with Gasteiger partial charge in [-0.2, -0.15) is 5.26 Å². The summed E-state index contributed by atoms with van der Waals surface area (Å²) in [6.45, 7) is 1.60. The van der Waals surface area contributed by atoms with Gasteiger partial charge in [-0.25, -0.2) is 0 Å². The van der Waals surface area contributed by atoms with E-state index in [9.17, 15) is 4.79 Å². The van der Waals surface area contributed by atoms with Crippen molar-refractivity contribution in [1.29, 1.82) is 5.26 Å². The second kappa shape index (κ2) is 4.83. The molecule has 1 saturated heterocycles. The molecule has 1 aliphatic rings. The number of hydrogen-bond acceptors (Lipinski definition) is 3. The van der Waals surface area contributed by atoms with Crippen LogP contribution in [0.5, 0.6) is 0 Å². The summed E-state index contributed by atoms with van der Waals surface area (Å²) >= 11 is 0. The third-order valence-corrected chi connectivity index (χ3v) is 2.38. The van der Waals surface area contributed by atoms with E-state index in [4.69, 9.17) is 10.4 Å². The van der Waals surface area contributed by atoms with Gasteiger partial charge in [-0.1, -0.05) is 0 Å². The van der Waals surface area contributed by atoms with E-state index >= 15 is 0 Å². The molecule has 1 fully saturated rings. The lowest BCUT2D eigenvalue weighted by molar-refractivity contribution is -0.142. The van der Waals surface area contributed by atoms with Crippen molar-refractivity contribution < 1.29 is 9.90 Å². The van der Waals surface area contributed by atoms with E-state index in [2.05, 4.69) is 6.07 Å². The van der Waals surface area contributed by atoms with E-state index < -0.39 is 5.97 Å². The standard InChI is InChI=1S/C9H14N2O2/c10-5-1-2-6-11-7-3-4-8(11)9(12)13/h8H,1-4,6-7H2,(H,12,13). The molecule has 1 N–H and O–H groups in total. The summed E-state index contributed by atoms with van der Waals surface area (Å²) in [5, 5.41) is 17.2. The number of carboxylic acid groups (broad SMARTS) is 1. The van der Waals surface area contributed by atoms with Crippen molar-refractivity contribution in [1.82, 2.24) is 4.90 Å². The summed E-state index contributed by atoms with van der Waals surface area (Å²) in [5.74, 6) is -0.727. The van der Waals surface area contributed by atoms with Crippen LogP contribution in [-0.4, -0.2) is 35.1 Å². The molecule has 0 amide bonds. The van der Waals surface area contributed by atoms with Crippen molar-refractivity contribution in [2.24, 2.45) is 0 Å². The van der Waals surface area contributed by atoms with Gasteiger partial charge in [0.05, 0.1) is 6.07 Å². The van der Waals surface area contributed by atoms with Gasteiger partial charge in [-0.05, 0) is 32.4 Å². The van der Waals surface area contributed by atoms with Gasteiger partial charge in [-0.15, -0.1) is 0 Å². The molecular formula is C9H14N2O2. The van der Waals surface area contributed by atoms with Crippen LogP contribution in [0.3, 0.4) is 0 Å². The van der Waals surface area contributed by atoms with Gasteiger partial charge in [0.1, 0.15) is 6.04 Å². The van der Waals surface area contributed by atoms with Gasteiger partial charge in [0, 0.05) is 6.42 Å². The first-order chi connectivity index (χ1) is 6.25. The average Bonchev–Trinajstić information content (AvgIpc) is 2.53. The molecule has 0 bridgehead atoms. The third kappa shape index (κ3) is 2.71. The van der Waals surface area contributed by atoms with E-state index in [1.165, 1.54) is 0 Å². The van der Waals surface area contributed by atoms with Crippen LogP contribution in [0.15, 0.2) is 0 Å². The second-order valence-electron chi connectivity index (χ2n) is 3.29. The Morgan fingerprint density at radius 1 is 1.69 bits per heavy atom. The molecule has 0 aliphatic carbocycles. The zero-order valence-electron chi connectivity index (χ0n) is 7.57. The largest absolute Gasteiger partial charge is 0.480 e. The van der Waals surface area contributed by atoms with Gasteiger partial charge in [0.15, 0.2) is 0 Å². The highest BCUT2D eigenvalue weighted by molar-refractivity contribution is 5.73. The zero-order valence-corrected chi connectivity index (χ0v) is 7.57. The van der Waals surface area contributed by atoms with E-state index in [1.54, 1.807) is 0 Å². The Balaban J connectivity index is 2.32. The summed E-state index contributed by atoms with van der Waals surface area (Å²) in [6.07, 6.45) is 3.01. The van der Waals surface area contributed by atoms with Crippen LogP contribution in [0.4, 0.5) is 0 Å². The third-order valence-electron chi connectivity index (χ3n) is 2.38. The maximum Gasteiger partial charge on any atom is 0.320 e. The summed E-state index contributed by atoms with van der Waals surface area (Å²) in [4.78, 5) is 12.7. The monoisotopic (exact) mass is 182 g/mol. The summed E-state index contributed by atoms with van der Waals surface area (Å²) in [7, 11) is 0. The summed E-state index contributed by atoms with van der Waals surface area (Å²) in [5.41, 5.74) is 0. The number of carboxylic acids is 1. The molecule has 72 valence electrons. The number of unbranched alkanes of at least 4 members (excludes halogenated alkanes) is 1. The van der Waals surface area contributed by atoms with Gasteiger partial charge >= 0.3 is 5.97 Å². The van der Waals surface area contributed by atoms with Gasteiger partial charge in [0.2, 0.25) is 0 Å². The highest BCUT2D eigenvalue weighted by atomic mass is 16.4. The molecule has 0 radical (unpaired) electrons. The van der Waals surface area contributed by atoms with E-state index in [0.29, 0.717) is 6.42 Å². The lowest BCUT2D eigenvalue weighted by Gasteiger charge is -2.19. The summed E-state index contributed by atoms with van der Waals surface area (Å²) in [6, 6.07) is 1.75. The molecule has 1 atom stereocenters. The lowest BCUT2D eigenvalue weighted by Crippen LogP contribution is -2.36. The fourth-order valence-corrected chi connectivity index (χ4v) is 1.73. The van der Waals surface area contributed by atoms with E-state index in [0.717, 1.165) is 32.4 Å². The molecule has 13 heavy (non-hydrogen) atoms. The summed E-state index contributed by atoms with van der Waals surface area (Å²) < 4.78 is 0. The van der Waals surface area contributed by atoms with Crippen LogP contribution in [0.2, 0.25) is 0 Å². The molecule has 0 saturated carbocycles. The Labute approximate surface area is 77.8 Å². The molecule has 4 heteroatoms. The normalized spacial score (nSPS) is 22.8. The topological polar surface area (TPSA) is 64.3 Å². The van der Waals surface area contributed by atoms with Crippen molar-refractivity contribution in [3.05, 3.63) is 0 Å². The van der Waals surface area contributed by atoms with Gasteiger partial charge in [0.25, 0.3) is 0 Å². The minimum Gasteiger partial charge on any atom is -0.480 e. The number of nitriles is 1. The first-order valence-corrected chi connectivity index (χ1v) is 4.59. The predicted molar refractivity (Wildman–Crippen MR) is 47.1 cm³/mol. The van der Waals surface area contributed by atoms with Crippen LogP contribution >= 0.6 is 0 Å². The smallest absolute Gasteiger partial charge is 0.320 e. The molecular weight excluding hydrogens is 168 g/mol. The predicted octanol–water partition coefficient (Wildman–Crippen LogP) is 0.839. The zero-order chi connectivity index (χ0) is 9.68. The van der Waals surface area contributed by atoms with Crippen molar-refractivity contribution >= 4 is 5.97 Å². The molecule has 1 heterocycles. The highest BCUT2D eigenvalue weighted by Crippen LogP contribution is 2.17. The Morgan fingerprint density at radius 3 is 3.08 bits per heavy atom. The molecule has 4 nitrogen and oxygen atoms in total. The Hall–Kier alpha value is -1.08.